The van der Waals surface area contributed by atoms with Gasteiger partial charge in [0.05, 0.1) is 20.3 Å². The topological polar surface area (TPSA) is 142 Å². The van der Waals surface area contributed by atoms with Crippen molar-refractivity contribution in [2.75, 3.05) is 41.0 Å². The Labute approximate surface area is 177 Å². The van der Waals surface area contributed by atoms with Crippen LogP contribution in [0.4, 0.5) is 0 Å². The molecule has 0 aliphatic heterocycles. The molecule has 0 aliphatic rings. The highest BCUT2D eigenvalue weighted by atomic mass is 16.7. The molecule has 10 nitrogen and oxygen atoms in total. The molecule has 0 spiro atoms. The molecule has 0 radical (unpaired) electrons. The number of carboxylic acids is 1. The number of aliphatic carboxylic acids is 1. The number of carboxylic acid groups (broad SMARTS) is 1. The molecule has 0 saturated carbocycles. The van der Waals surface area contributed by atoms with Crippen molar-refractivity contribution in [3.63, 3.8) is 0 Å². The number of aliphatic imine (C=N–C) groups is 1. The third-order valence-corrected chi connectivity index (χ3v) is 4.48. The van der Waals surface area contributed by atoms with Crippen molar-refractivity contribution in [2.24, 2.45) is 16.5 Å². The quantitative estimate of drug-likeness (QED) is 0.162. The molecular formula is C20H34N4O6. The minimum Gasteiger partial charge on any atom is -0.493 e. The van der Waals surface area contributed by atoms with Crippen molar-refractivity contribution in [1.29, 1.82) is 0 Å². The molecule has 5 N–H and O–H groups in total. The Morgan fingerprint density at radius 2 is 1.90 bits per heavy atom. The molecule has 1 atom stereocenters. The van der Waals surface area contributed by atoms with Gasteiger partial charge in [0.1, 0.15) is 6.04 Å². The van der Waals surface area contributed by atoms with Crippen LogP contribution in [0, 0.1) is 0 Å². The van der Waals surface area contributed by atoms with Crippen molar-refractivity contribution >= 4 is 11.9 Å². The molecule has 0 fully saturated rings. The smallest absolute Gasteiger partial charge is 0.320 e. The number of benzene rings is 1. The Kier molecular flexibility index (Phi) is 11.6. The summed E-state index contributed by atoms with van der Waals surface area (Å²) < 4.78 is 21.6. The first kappa shape index (κ1) is 25.5. The second-order valence-corrected chi connectivity index (χ2v) is 6.55. The average Bonchev–Trinajstić information content (AvgIpc) is 2.71. The average molecular weight is 427 g/mol. The molecule has 1 aromatic carbocycles. The van der Waals surface area contributed by atoms with Crippen molar-refractivity contribution in [2.45, 2.75) is 38.6 Å². The summed E-state index contributed by atoms with van der Waals surface area (Å²) in [5.41, 5.74) is 11.6. The molecular weight excluding hydrogens is 392 g/mol. The maximum atomic E-state index is 12.0. The van der Waals surface area contributed by atoms with Gasteiger partial charge < -0.3 is 35.5 Å². The molecule has 170 valence electrons. The van der Waals surface area contributed by atoms with Crippen molar-refractivity contribution < 1.29 is 28.8 Å². The lowest BCUT2D eigenvalue weighted by atomic mass is 10.1. The lowest BCUT2D eigenvalue weighted by molar-refractivity contribution is -0.150. The number of hydrogen-bond donors (Lipinski definition) is 3. The van der Waals surface area contributed by atoms with Gasteiger partial charge in [-0.15, -0.1) is 0 Å². The van der Waals surface area contributed by atoms with Gasteiger partial charge in [-0.05, 0) is 37.5 Å². The summed E-state index contributed by atoms with van der Waals surface area (Å²) in [4.78, 5) is 17.8. The van der Waals surface area contributed by atoms with Gasteiger partial charge in [0.25, 0.3) is 0 Å². The number of methoxy groups -OCH3 is 3. The predicted octanol–water partition coefficient (Wildman–Crippen LogP) is 1.02. The summed E-state index contributed by atoms with van der Waals surface area (Å²) in [6.07, 6.45) is 0.304. The molecule has 0 heterocycles. The molecule has 10 heteroatoms. The zero-order valence-corrected chi connectivity index (χ0v) is 18.2. The monoisotopic (exact) mass is 426 g/mol. The van der Waals surface area contributed by atoms with Crippen LogP contribution < -0.4 is 20.9 Å². The predicted molar refractivity (Wildman–Crippen MR) is 114 cm³/mol. The first-order valence-corrected chi connectivity index (χ1v) is 9.73. The maximum absolute atomic E-state index is 12.0. The number of carbonyl (C=O) groups is 1. The molecule has 0 unspecified atom stereocenters. The Morgan fingerprint density at radius 3 is 2.43 bits per heavy atom. The Balaban J connectivity index is 3.09. The largest absolute Gasteiger partial charge is 0.493 e. The first-order valence-electron chi connectivity index (χ1n) is 9.73. The normalized spacial score (nSPS) is 12.1. The van der Waals surface area contributed by atoms with Gasteiger partial charge >= 0.3 is 5.97 Å². The number of hydrogen-bond acceptors (Lipinski definition) is 7. The van der Waals surface area contributed by atoms with Crippen LogP contribution in [-0.2, 0) is 20.8 Å². The number of ether oxygens (including phenoxy) is 4. The van der Waals surface area contributed by atoms with E-state index in [4.69, 9.17) is 30.4 Å². The second-order valence-electron chi connectivity index (χ2n) is 6.55. The summed E-state index contributed by atoms with van der Waals surface area (Å²) in [6.45, 7) is 3.35. The number of nitrogens with two attached hydrogens (primary N) is 2. The van der Waals surface area contributed by atoms with E-state index in [2.05, 4.69) is 4.99 Å². The molecule has 0 bridgehead atoms. The summed E-state index contributed by atoms with van der Waals surface area (Å²) in [7, 11) is 4.60. The van der Waals surface area contributed by atoms with Gasteiger partial charge in [0, 0.05) is 27.3 Å². The van der Waals surface area contributed by atoms with E-state index in [0.717, 1.165) is 5.56 Å². The second kappa shape index (κ2) is 13.6. The van der Waals surface area contributed by atoms with Gasteiger partial charge in [0.15, 0.2) is 23.7 Å². The Hall–Kier alpha value is -2.56. The maximum Gasteiger partial charge on any atom is 0.320 e. The van der Waals surface area contributed by atoms with Crippen LogP contribution >= 0.6 is 0 Å². The summed E-state index contributed by atoms with van der Waals surface area (Å²) in [6, 6.07) is 4.75. The van der Waals surface area contributed by atoms with E-state index >= 15 is 0 Å². The van der Waals surface area contributed by atoms with E-state index in [1.54, 1.807) is 18.1 Å². The zero-order valence-electron chi connectivity index (χ0n) is 18.2. The van der Waals surface area contributed by atoms with E-state index in [9.17, 15) is 9.90 Å². The highest BCUT2D eigenvalue weighted by Crippen LogP contribution is 2.29. The highest BCUT2D eigenvalue weighted by molar-refractivity contribution is 5.75. The van der Waals surface area contributed by atoms with Crippen LogP contribution in [0.2, 0.25) is 0 Å². The van der Waals surface area contributed by atoms with Gasteiger partial charge in [-0.2, -0.15) is 0 Å². The highest BCUT2D eigenvalue weighted by Gasteiger charge is 2.28. The first-order chi connectivity index (χ1) is 14.4. The minimum absolute atomic E-state index is 0.0146. The third kappa shape index (κ3) is 8.44. The van der Waals surface area contributed by atoms with Crippen LogP contribution in [0.25, 0.3) is 0 Å². The molecule has 0 amide bonds. The van der Waals surface area contributed by atoms with Gasteiger partial charge in [-0.1, -0.05) is 6.07 Å². The standard InChI is InChI=1S/C20H34N4O6/c1-5-30-17-11-14(8-9-16(17)27-2)12-24(13-18(28-3)29-4)15(19(25)26)7-6-10-23-20(21)22/h8-9,11,15,18H,5-7,10,12-13H2,1-4H3,(H,25,26)(H4,21,22,23)/t15-/m0/s1. The van der Waals surface area contributed by atoms with Gasteiger partial charge in [-0.25, -0.2) is 0 Å². The number of guanidine groups is 1. The van der Waals surface area contributed by atoms with Crippen molar-refractivity contribution in [1.82, 2.24) is 4.90 Å². The lowest BCUT2D eigenvalue weighted by Gasteiger charge is -2.31. The van der Waals surface area contributed by atoms with Crippen molar-refractivity contribution in [3.8, 4) is 11.5 Å². The van der Waals surface area contributed by atoms with Crippen molar-refractivity contribution in [3.05, 3.63) is 23.8 Å². The Morgan fingerprint density at radius 1 is 1.20 bits per heavy atom. The summed E-state index contributed by atoms with van der Waals surface area (Å²) >= 11 is 0. The number of rotatable bonds is 15. The van der Waals surface area contributed by atoms with Crippen LogP contribution in [-0.4, -0.2) is 75.3 Å². The third-order valence-electron chi connectivity index (χ3n) is 4.48. The number of nitrogens with zero attached hydrogens (tertiary/aromatic N) is 2. The SMILES string of the molecule is CCOc1cc(CN(CC(OC)OC)[C@@H](CCCN=C(N)N)C(=O)O)ccc1OC. The molecule has 0 saturated heterocycles. The van der Waals surface area contributed by atoms with E-state index in [1.165, 1.54) is 14.2 Å². The van der Waals surface area contributed by atoms with Crippen LogP contribution in [0.3, 0.4) is 0 Å². The summed E-state index contributed by atoms with van der Waals surface area (Å²) in [5.74, 6) is 0.265. The van der Waals surface area contributed by atoms with Gasteiger partial charge in [0.2, 0.25) is 0 Å². The molecule has 0 aromatic heterocycles. The molecule has 30 heavy (non-hydrogen) atoms. The van der Waals surface area contributed by atoms with E-state index < -0.39 is 18.3 Å². The van der Waals surface area contributed by atoms with Crippen LogP contribution in [0.1, 0.15) is 25.3 Å². The fraction of sp³-hybridized carbons (Fsp3) is 0.600. The molecule has 0 aliphatic carbocycles. The molecule has 1 aromatic rings. The fourth-order valence-electron chi connectivity index (χ4n) is 3.02. The molecule has 1 rings (SSSR count). The van der Waals surface area contributed by atoms with E-state index in [1.807, 2.05) is 19.1 Å². The minimum atomic E-state index is -0.941. The zero-order chi connectivity index (χ0) is 22.5. The van der Waals surface area contributed by atoms with Gasteiger partial charge in [-0.3, -0.25) is 14.7 Å². The van der Waals surface area contributed by atoms with E-state index in [-0.39, 0.29) is 12.5 Å². The lowest BCUT2D eigenvalue weighted by Crippen LogP contribution is -2.45. The fourth-order valence-corrected chi connectivity index (χ4v) is 3.02. The van der Waals surface area contributed by atoms with Crippen LogP contribution in [0.5, 0.6) is 11.5 Å². The Bertz CT molecular complexity index is 677. The van der Waals surface area contributed by atoms with E-state index in [0.29, 0.717) is 44.0 Å². The summed E-state index contributed by atoms with van der Waals surface area (Å²) in [5, 5.41) is 9.86. The van der Waals surface area contributed by atoms with Crippen LogP contribution in [0.15, 0.2) is 23.2 Å².